The van der Waals surface area contributed by atoms with Gasteiger partial charge in [-0.2, -0.15) is 0 Å². The van der Waals surface area contributed by atoms with E-state index < -0.39 is 0 Å². The zero-order chi connectivity index (χ0) is 16.7. The van der Waals surface area contributed by atoms with Crippen LogP contribution in [0.4, 0.5) is 4.39 Å². The number of hydrogen-bond donors (Lipinski definition) is 1. The van der Waals surface area contributed by atoms with Gasteiger partial charge in [0.2, 0.25) is 0 Å². The third-order valence-electron chi connectivity index (χ3n) is 4.11. The quantitative estimate of drug-likeness (QED) is 0.592. The molecule has 0 radical (unpaired) electrons. The second kappa shape index (κ2) is 5.85. The van der Waals surface area contributed by atoms with Gasteiger partial charge >= 0.3 is 0 Å². The lowest BCUT2D eigenvalue weighted by molar-refractivity contribution is 0.618. The minimum Gasteiger partial charge on any atom is -0.325 e. The standard InChI is InChI=1S/C19H16FN3S/c1-12-9-14(7-8-15(12)20)18-16(10-21)23-11-17(24-19(23)22-18)13-5-3-2-4-6-13/h2-9,11H,10,21H2,1H3. The van der Waals surface area contributed by atoms with Crippen LogP contribution in [0.25, 0.3) is 26.7 Å². The number of nitrogens with two attached hydrogens (primary N) is 1. The molecule has 0 saturated carbocycles. The van der Waals surface area contributed by atoms with Crippen molar-refractivity contribution in [2.24, 2.45) is 5.73 Å². The molecular weight excluding hydrogens is 321 g/mol. The van der Waals surface area contributed by atoms with Gasteiger partial charge in [-0.1, -0.05) is 41.7 Å². The van der Waals surface area contributed by atoms with Crippen LogP contribution in [0.1, 0.15) is 11.3 Å². The molecule has 4 aromatic rings. The van der Waals surface area contributed by atoms with Gasteiger partial charge in [-0.25, -0.2) is 9.37 Å². The van der Waals surface area contributed by atoms with Crippen molar-refractivity contribution in [3.05, 3.63) is 71.8 Å². The first-order chi connectivity index (χ1) is 11.7. The summed E-state index contributed by atoms with van der Waals surface area (Å²) in [6.07, 6.45) is 2.07. The molecule has 3 nitrogen and oxygen atoms in total. The molecule has 5 heteroatoms. The van der Waals surface area contributed by atoms with Crippen molar-refractivity contribution < 1.29 is 4.39 Å². The summed E-state index contributed by atoms with van der Waals surface area (Å²) in [5.74, 6) is -0.208. The second-order valence-electron chi connectivity index (χ2n) is 5.69. The van der Waals surface area contributed by atoms with Crippen molar-refractivity contribution in [1.82, 2.24) is 9.38 Å². The smallest absolute Gasteiger partial charge is 0.195 e. The summed E-state index contributed by atoms with van der Waals surface area (Å²) in [4.78, 5) is 6.79. The van der Waals surface area contributed by atoms with Gasteiger partial charge in [-0.05, 0) is 36.2 Å². The van der Waals surface area contributed by atoms with Crippen LogP contribution in [0.5, 0.6) is 0 Å². The van der Waals surface area contributed by atoms with Gasteiger partial charge in [-0.15, -0.1) is 0 Å². The van der Waals surface area contributed by atoms with Crippen molar-refractivity contribution >= 4 is 16.3 Å². The second-order valence-corrected chi connectivity index (χ2v) is 6.70. The van der Waals surface area contributed by atoms with E-state index in [1.165, 1.54) is 6.07 Å². The summed E-state index contributed by atoms with van der Waals surface area (Å²) in [6.45, 7) is 2.13. The van der Waals surface area contributed by atoms with Crippen molar-refractivity contribution in [2.45, 2.75) is 13.5 Å². The van der Waals surface area contributed by atoms with Crippen LogP contribution in [0, 0.1) is 12.7 Å². The van der Waals surface area contributed by atoms with E-state index in [1.807, 2.05) is 28.7 Å². The number of hydrogen-bond acceptors (Lipinski definition) is 3. The summed E-state index contributed by atoms with van der Waals surface area (Å²) in [5.41, 5.74) is 10.4. The van der Waals surface area contributed by atoms with E-state index in [-0.39, 0.29) is 5.82 Å². The normalized spacial score (nSPS) is 11.3. The molecule has 0 bridgehead atoms. The van der Waals surface area contributed by atoms with Gasteiger partial charge in [0.15, 0.2) is 4.96 Å². The summed E-state index contributed by atoms with van der Waals surface area (Å²) in [5, 5.41) is 0. The summed E-state index contributed by atoms with van der Waals surface area (Å²) in [6, 6.07) is 15.3. The Morgan fingerprint density at radius 3 is 2.62 bits per heavy atom. The predicted octanol–water partition coefficient (Wildman–Crippen LogP) is 4.64. The highest BCUT2D eigenvalue weighted by Crippen LogP contribution is 2.33. The molecule has 0 fully saturated rings. The summed E-state index contributed by atoms with van der Waals surface area (Å²) in [7, 11) is 0. The third-order valence-corrected chi connectivity index (χ3v) is 5.14. The van der Waals surface area contributed by atoms with Gasteiger partial charge in [0.25, 0.3) is 0 Å². The monoisotopic (exact) mass is 337 g/mol. The zero-order valence-corrected chi connectivity index (χ0v) is 14.0. The molecule has 0 aliphatic rings. The van der Waals surface area contributed by atoms with Crippen LogP contribution in [0.2, 0.25) is 0 Å². The first-order valence-electron chi connectivity index (χ1n) is 7.70. The van der Waals surface area contributed by atoms with Crippen LogP contribution in [-0.2, 0) is 6.54 Å². The molecule has 4 rings (SSSR count). The lowest BCUT2D eigenvalue weighted by atomic mass is 10.1. The highest BCUT2D eigenvalue weighted by molar-refractivity contribution is 7.20. The Hall–Kier alpha value is -2.50. The number of nitrogens with zero attached hydrogens (tertiary/aromatic N) is 2. The molecule has 2 aromatic heterocycles. The lowest BCUT2D eigenvalue weighted by Crippen LogP contribution is -2.01. The molecule has 2 N–H and O–H groups in total. The molecule has 0 aliphatic heterocycles. The Kier molecular flexibility index (Phi) is 3.67. The average molecular weight is 337 g/mol. The molecule has 0 aliphatic carbocycles. The number of imidazole rings is 1. The first kappa shape index (κ1) is 15.1. The maximum atomic E-state index is 13.5. The largest absolute Gasteiger partial charge is 0.325 e. The maximum absolute atomic E-state index is 13.5. The Balaban J connectivity index is 1.86. The van der Waals surface area contributed by atoms with Crippen molar-refractivity contribution in [3.8, 4) is 21.7 Å². The fourth-order valence-corrected chi connectivity index (χ4v) is 3.85. The minimum atomic E-state index is -0.208. The maximum Gasteiger partial charge on any atom is 0.195 e. The van der Waals surface area contributed by atoms with Crippen LogP contribution in [-0.4, -0.2) is 9.38 Å². The number of thiazole rings is 1. The van der Waals surface area contributed by atoms with Gasteiger partial charge in [0.05, 0.1) is 16.3 Å². The molecule has 0 spiro atoms. The highest BCUT2D eigenvalue weighted by atomic mass is 32.1. The van der Waals surface area contributed by atoms with Crippen LogP contribution < -0.4 is 5.73 Å². The molecule has 2 aromatic carbocycles. The number of aromatic nitrogens is 2. The SMILES string of the molecule is Cc1cc(-c2nc3sc(-c4ccccc4)cn3c2CN)ccc1F. The lowest BCUT2D eigenvalue weighted by Gasteiger charge is -2.04. The van der Waals surface area contributed by atoms with E-state index in [4.69, 9.17) is 10.7 Å². The summed E-state index contributed by atoms with van der Waals surface area (Å²) < 4.78 is 15.6. The number of benzene rings is 2. The Morgan fingerprint density at radius 1 is 1.12 bits per heavy atom. The number of rotatable bonds is 3. The van der Waals surface area contributed by atoms with Gasteiger partial charge in [0.1, 0.15) is 5.82 Å². The first-order valence-corrected chi connectivity index (χ1v) is 8.52. The molecule has 2 heterocycles. The van der Waals surface area contributed by atoms with E-state index in [9.17, 15) is 4.39 Å². The zero-order valence-electron chi connectivity index (χ0n) is 13.2. The molecule has 24 heavy (non-hydrogen) atoms. The average Bonchev–Trinajstić information content (AvgIpc) is 3.15. The van der Waals surface area contributed by atoms with E-state index in [0.29, 0.717) is 12.1 Å². The molecule has 0 unspecified atom stereocenters. The fourth-order valence-electron chi connectivity index (χ4n) is 2.84. The van der Waals surface area contributed by atoms with Crippen LogP contribution >= 0.6 is 11.3 Å². The Labute approximate surface area is 143 Å². The van der Waals surface area contributed by atoms with E-state index in [0.717, 1.165) is 32.4 Å². The third kappa shape index (κ3) is 2.42. The van der Waals surface area contributed by atoms with Crippen molar-refractivity contribution in [1.29, 1.82) is 0 Å². The van der Waals surface area contributed by atoms with E-state index in [2.05, 4.69) is 18.3 Å². The van der Waals surface area contributed by atoms with Crippen molar-refractivity contribution in [3.63, 3.8) is 0 Å². The minimum absolute atomic E-state index is 0.208. The molecule has 0 amide bonds. The van der Waals surface area contributed by atoms with E-state index >= 15 is 0 Å². The molecule has 0 saturated heterocycles. The molecular formula is C19H16FN3S. The fraction of sp³-hybridized carbons (Fsp3) is 0.105. The van der Waals surface area contributed by atoms with E-state index in [1.54, 1.807) is 24.3 Å². The van der Waals surface area contributed by atoms with Gasteiger partial charge < -0.3 is 5.73 Å². The summed E-state index contributed by atoms with van der Waals surface area (Å²) >= 11 is 1.62. The van der Waals surface area contributed by atoms with Crippen LogP contribution in [0.15, 0.2) is 54.7 Å². The van der Waals surface area contributed by atoms with Crippen molar-refractivity contribution in [2.75, 3.05) is 0 Å². The number of aryl methyl sites for hydroxylation is 1. The Bertz CT molecular complexity index is 1020. The van der Waals surface area contributed by atoms with Gasteiger partial charge in [-0.3, -0.25) is 4.40 Å². The molecule has 0 atom stereocenters. The number of fused-ring (bicyclic) bond motifs is 1. The van der Waals surface area contributed by atoms with Crippen LogP contribution in [0.3, 0.4) is 0 Å². The Morgan fingerprint density at radius 2 is 1.92 bits per heavy atom. The predicted molar refractivity (Wildman–Crippen MR) is 96.5 cm³/mol. The molecule has 120 valence electrons. The highest BCUT2D eigenvalue weighted by Gasteiger charge is 2.16. The topological polar surface area (TPSA) is 43.3 Å². The van der Waals surface area contributed by atoms with Gasteiger partial charge in [0, 0.05) is 18.3 Å². The number of halogens is 1.